The lowest BCUT2D eigenvalue weighted by molar-refractivity contribution is 0.167. The van der Waals surface area contributed by atoms with Crippen LogP contribution >= 0.6 is 23.1 Å². The van der Waals surface area contributed by atoms with E-state index in [1.807, 2.05) is 23.1 Å². The molecule has 0 fully saturated rings. The average molecular weight is 299 g/mol. The number of unbranched alkanes of at least 4 members (excludes halogenated alkanes) is 5. The zero-order valence-electron chi connectivity index (χ0n) is 12.0. The van der Waals surface area contributed by atoms with Gasteiger partial charge in [-0.2, -0.15) is 11.8 Å². The van der Waals surface area contributed by atoms with Gasteiger partial charge in [-0.15, -0.1) is 11.3 Å². The van der Waals surface area contributed by atoms with Gasteiger partial charge >= 0.3 is 0 Å². The molecule has 1 aliphatic rings. The van der Waals surface area contributed by atoms with Crippen LogP contribution in [0.2, 0.25) is 0 Å². The smallest absolute Gasteiger partial charge is 0.0882 e. The van der Waals surface area contributed by atoms with Gasteiger partial charge in [0.2, 0.25) is 0 Å². The Hall–Kier alpha value is 0.01000. The number of aliphatic hydroxyl groups is 1. The van der Waals surface area contributed by atoms with E-state index < -0.39 is 0 Å². The Kier molecular flexibility index (Phi) is 6.75. The van der Waals surface area contributed by atoms with Gasteiger partial charge in [0.1, 0.15) is 0 Å². The molecule has 1 aromatic rings. The maximum Gasteiger partial charge on any atom is 0.0882 e. The Balaban J connectivity index is 1.70. The maximum absolute atomic E-state index is 10.3. The third kappa shape index (κ3) is 4.80. The van der Waals surface area contributed by atoms with Crippen molar-refractivity contribution in [3.8, 4) is 0 Å². The van der Waals surface area contributed by atoms with Crippen LogP contribution in [-0.4, -0.2) is 10.9 Å². The molecule has 0 amide bonds. The number of thioether (sulfide) groups is 1. The zero-order chi connectivity index (χ0) is 13.5. The lowest BCUT2D eigenvalue weighted by atomic mass is 10.1. The van der Waals surface area contributed by atoms with E-state index in [2.05, 4.69) is 13.0 Å². The van der Waals surface area contributed by atoms with Gasteiger partial charge in [-0.1, -0.05) is 45.4 Å². The predicted molar refractivity (Wildman–Crippen MR) is 87.1 cm³/mol. The highest BCUT2D eigenvalue weighted by molar-refractivity contribution is 7.98. The van der Waals surface area contributed by atoms with Crippen LogP contribution in [0.5, 0.6) is 0 Å². The maximum atomic E-state index is 10.3. The number of hydrogen-bond donors (Lipinski definition) is 1. The number of hydrogen-bond acceptors (Lipinski definition) is 3. The Morgan fingerprint density at radius 1 is 1.21 bits per heavy atom. The number of thiophene rings is 1. The molecular formula is C16H26OS2. The first-order valence-electron chi connectivity index (χ1n) is 7.68. The number of aliphatic hydroxyl groups excluding tert-OH is 1. The number of fused-ring (bicyclic) bond motifs is 1. The van der Waals surface area contributed by atoms with E-state index in [4.69, 9.17) is 0 Å². The molecule has 1 unspecified atom stereocenters. The molecule has 0 spiro atoms. The number of aryl methyl sites for hydroxylation is 1. The monoisotopic (exact) mass is 298 g/mol. The van der Waals surface area contributed by atoms with E-state index in [9.17, 15) is 5.11 Å². The minimum atomic E-state index is -0.216. The van der Waals surface area contributed by atoms with Crippen LogP contribution in [0.1, 0.15) is 73.3 Å². The summed E-state index contributed by atoms with van der Waals surface area (Å²) in [7, 11) is 0. The highest BCUT2D eigenvalue weighted by Crippen LogP contribution is 2.35. The molecule has 0 bridgehead atoms. The van der Waals surface area contributed by atoms with Gasteiger partial charge < -0.3 is 5.11 Å². The van der Waals surface area contributed by atoms with Crippen molar-refractivity contribution in [2.24, 2.45) is 0 Å². The van der Waals surface area contributed by atoms with Crippen molar-refractivity contribution in [2.45, 2.75) is 70.1 Å². The Morgan fingerprint density at radius 2 is 2.00 bits per heavy atom. The first kappa shape index (κ1) is 15.4. The SMILES string of the molecule is CCCCCCCCC(O)c1cc2c(s1)CCSC2. The fourth-order valence-electron chi connectivity index (χ4n) is 2.59. The molecule has 108 valence electrons. The van der Waals surface area contributed by atoms with Gasteiger partial charge in [0, 0.05) is 15.5 Å². The molecule has 1 N–H and O–H groups in total. The molecule has 0 saturated carbocycles. The van der Waals surface area contributed by atoms with Gasteiger partial charge in [-0.05, 0) is 30.2 Å². The summed E-state index contributed by atoms with van der Waals surface area (Å²) in [6.07, 6.45) is 9.73. The summed E-state index contributed by atoms with van der Waals surface area (Å²) in [6.45, 7) is 2.25. The summed E-state index contributed by atoms with van der Waals surface area (Å²) in [5.41, 5.74) is 1.48. The van der Waals surface area contributed by atoms with E-state index in [-0.39, 0.29) is 6.10 Å². The summed E-state index contributed by atoms with van der Waals surface area (Å²) >= 11 is 3.87. The van der Waals surface area contributed by atoms with Gasteiger partial charge in [0.25, 0.3) is 0 Å². The second kappa shape index (κ2) is 8.33. The van der Waals surface area contributed by atoms with Crippen molar-refractivity contribution in [1.82, 2.24) is 0 Å². The minimum Gasteiger partial charge on any atom is -0.388 e. The summed E-state index contributed by atoms with van der Waals surface area (Å²) in [4.78, 5) is 2.73. The fraction of sp³-hybridized carbons (Fsp3) is 0.750. The van der Waals surface area contributed by atoms with E-state index in [1.54, 1.807) is 0 Å². The van der Waals surface area contributed by atoms with Crippen molar-refractivity contribution >= 4 is 23.1 Å². The highest BCUT2D eigenvalue weighted by Gasteiger charge is 2.17. The molecule has 2 heterocycles. The molecule has 2 rings (SSSR count). The van der Waals surface area contributed by atoms with Crippen molar-refractivity contribution in [3.63, 3.8) is 0 Å². The van der Waals surface area contributed by atoms with Gasteiger partial charge in [-0.25, -0.2) is 0 Å². The zero-order valence-corrected chi connectivity index (χ0v) is 13.6. The average Bonchev–Trinajstić information content (AvgIpc) is 2.86. The van der Waals surface area contributed by atoms with Crippen LogP contribution in [0, 0.1) is 0 Å². The Labute approximate surface area is 125 Å². The molecule has 1 nitrogen and oxygen atoms in total. The van der Waals surface area contributed by atoms with Crippen LogP contribution in [0.3, 0.4) is 0 Å². The minimum absolute atomic E-state index is 0.216. The first-order chi connectivity index (χ1) is 9.31. The highest BCUT2D eigenvalue weighted by atomic mass is 32.2. The Bertz CT molecular complexity index is 349. The van der Waals surface area contributed by atoms with Crippen LogP contribution in [0.25, 0.3) is 0 Å². The lowest BCUT2D eigenvalue weighted by Crippen LogP contribution is -1.96. The van der Waals surface area contributed by atoms with E-state index in [0.29, 0.717) is 0 Å². The Morgan fingerprint density at radius 3 is 2.79 bits per heavy atom. The standard InChI is InChI=1S/C16H26OS2/c1-2-3-4-5-6-7-8-14(17)16-11-13-12-18-10-9-15(13)19-16/h11,14,17H,2-10,12H2,1H3. The number of rotatable bonds is 8. The molecule has 3 heteroatoms. The van der Waals surface area contributed by atoms with Crippen LogP contribution in [-0.2, 0) is 12.2 Å². The van der Waals surface area contributed by atoms with Crippen molar-refractivity contribution < 1.29 is 5.11 Å². The van der Waals surface area contributed by atoms with Gasteiger partial charge in [0.15, 0.2) is 0 Å². The van der Waals surface area contributed by atoms with E-state index in [1.165, 1.54) is 66.0 Å². The van der Waals surface area contributed by atoms with E-state index in [0.717, 1.165) is 12.2 Å². The van der Waals surface area contributed by atoms with Crippen LogP contribution in [0.15, 0.2) is 6.07 Å². The first-order valence-corrected chi connectivity index (χ1v) is 9.65. The third-order valence-electron chi connectivity index (χ3n) is 3.81. The molecular weight excluding hydrogens is 272 g/mol. The van der Waals surface area contributed by atoms with Gasteiger partial charge in [-0.3, -0.25) is 0 Å². The summed E-state index contributed by atoms with van der Waals surface area (Å²) in [5.74, 6) is 2.40. The second-order valence-corrected chi connectivity index (χ2v) is 7.75. The molecule has 0 radical (unpaired) electrons. The van der Waals surface area contributed by atoms with Crippen molar-refractivity contribution in [2.75, 3.05) is 5.75 Å². The van der Waals surface area contributed by atoms with Crippen LogP contribution < -0.4 is 0 Å². The molecule has 1 aromatic heterocycles. The van der Waals surface area contributed by atoms with Crippen LogP contribution in [0.4, 0.5) is 0 Å². The third-order valence-corrected chi connectivity index (χ3v) is 6.15. The van der Waals surface area contributed by atoms with Gasteiger partial charge in [0.05, 0.1) is 6.10 Å². The topological polar surface area (TPSA) is 20.2 Å². The summed E-state index contributed by atoms with van der Waals surface area (Å²) < 4.78 is 0. The normalized spacial score (nSPS) is 16.3. The summed E-state index contributed by atoms with van der Waals surface area (Å²) in [5, 5.41) is 10.3. The van der Waals surface area contributed by atoms with Crippen molar-refractivity contribution in [3.05, 3.63) is 21.4 Å². The van der Waals surface area contributed by atoms with Crippen molar-refractivity contribution in [1.29, 1.82) is 0 Å². The molecule has 1 atom stereocenters. The quantitative estimate of drug-likeness (QED) is 0.655. The molecule has 0 saturated heterocycles. The lowest BCUT2D eigenvalue weighted by Gasteiger charge is -2.08. The molecule has 1 aliphatic heterocycles. The van der Waals surface area contributed by atoms with E-state index >= 15 is 0 Å². The predicted octanol–water partition coefficient (Wildman–Crippen LogP) is 5.32. The molecule has 0 aliphatic carbocycles. The second-order valence-electron chi connectivity index (χ2n) is 5.47. The summed E-state index contributed by atoms with van der Waals surface area (Å²) in [6, 6.07) is 2.26. The fourth-order valence-corrected chi connectivity index (χ4v) is 4.99. The largest absolute Gasteiger partial charge is 0.388 e. The molecule has 19 heavy (non-hydrogen) atoms. The molecule has 0 aromatic carbocycles.